The number of nitrogens with zero attached hydrogens (tertiary/aromatic N) is 1. The van der Waals surface area contributed by atoms with Crippen molar-refractivity contribution in [2.45, 2.75) is 52.0 Å². The fraction of sp³-hybridized carbons (Fsp3) is 0.643. The molecule has 2 nitrogen and oxygen atoms in total. The lowest BCUT2D eigenvalue weighted by atomic mass is 9.84. The molecule has 0 saturated heterocycles. The largest absolute Gasteiger partial charge is 0.367 e. The molecule has 1 N–H and O–H groups in total. The van der Waals surface area contributed by atoms with Crippen LogP contribution in [0, 0.1) is 12.8 Å². The van der Waals surface area contributed by atoms with Crippen LogP contribution in [0.25, 0.3) is 0 Å². The predicted octanol–water partition coefficient (Wildman–Crippen LogP) is 3.77. The van der Waals surface area contributed by atoms with Gasteiger partial charge in [0.1, 0.15) is 5.82 Å². The molecule has 1 heterocycles. The van der Waals surface area contributed by atoms with Gasteiger partial charge in [0.15, 0.2) is 0 Å². The maximum atomic E-state index is 4.36. The van der Waals surface area contributed by atoms with Gasteiger partial charge in [0.25, 0.3) is 0 Å². The molecule has 2 rings (SSSR count). The Morgan fingerprint density at radius 2 is 2.06 bits per heavy atom. The van der Waals surface area contributed by atoms with Gasteiger partial charge in [-0.2, -0.15) is 0 Å². The molecule has 0 spiro atoms. The molecule has 1 aromatic rings. The number of pyridine rings is 1. The minimum atomic E-state index is 0.551. The zero-order chi connectivity index (χ0) is 11.4. The van der Waals surface area contributed by atoms with Crippen LogP contribution < -0.4 is 5.32 Å². The minimum Gasteiger partial charge on any atom is -0.367 e. The molecule has 1 unspecified atom stereocenters. The lowest BCUT2D eigenvalue weighted by Gasteiger charge is -2.28. The number of hydrogen-bond acceptors (Lipinski definition) is 2. The molecular weight excluding hydrogens is 196 g/mol. The molecular formula is C14H22N2. The first kappa shape index (κ1) is 11.4. The summed E-state index contributed by atoms with van der Waals surface area (Å²) in [5.74, 6) is 1.86. The number of nitrogens with one attached hydrogen (secondary N) is 1. The summed E-state index contributed by atoms with van der Waals surface area (Å²) in [7, 11) is 0. The van der Waals surface area contributed by atoms with Crippen LogP contribution in [0.15, 0.2) is 18.3 Å². The minimum absolute atomic E-state index is 0.551. The Morgan fingerprint density at radius 1 is 1.31 bits per heavy atom. The number of hydrogen-bond donors (Lipinski definition) is 1. The zero-order valence-electron chi connectivity index (χ0n) is 10.4. The molecule has 0 aliphatic heterocycles. The van der Waals surface area contributed by atoms with Gasteiger partial charge in [-0.15, -0.1) is 0 Å². The molecule has 2 heteroatoms. The van der Waals surface area contributed by atoms with Gasteiger partial charge in [0, 0.05) is 12.2 Å². The molecule has 1 aromatic heterocycles. The summed E-state index contributed by atoms with van der Waals surface area (Å²) in [4.78, 5) is 4.36. The van der Waals surface area contributed by atoms with E-state index in [0.29, 0.717) is 6.04 Å². The fourth-order valence-corrected chi connectivity index (χ4v) is 2.60. The van der Waals surface area contributed by atoms with Crippen LogP contribution in [-0.2, 0) is 0 Å². The predicted molar refractivity (Wildman–Crippen MR) is 68.6 cm³/mol. The molecule has 1 atom stereocenters. The molecule has 0 aromatic carbocycles. The van der Waals surface area contributed by atoms with E-state index in [4.69, 9.17) is 0 Å². The Bertz CT molecular complexity index is 329. The average molecular weight is 218 g/mol. The van der Waals surface area contributed by atoms with E-state index in [2.05, 4.69) is 30.2 Å². The molecule has 0 amide bonds. The summed E-state index contributed by atoms with van der Waals surface area (Å²) in [6.07, 6.45) is 8.85. The van der Waals surface area contributed by atoms with Gasteiger partial charge < -0.3 is 5.32 Å². The van der Waals surface area contributed by atoms with E-state index in [1.54, 1.807) is 0 Å². The first-order chi connectivity index (χ1) is 7.75. The second-order valence-electron chi connectivity index (χ2n) is 5.05. The molecule has 1 aliphatic rings. The quantitative estimate of drug-likeness (QED) is 0.835. The van der Waals surface area contributed by atoms with E-state index < -0.39 is 0 Å². The number of aryl methyl sites for hydroxylation is 1. The Balaban J connectivity index is 1.93. The van der Waals surface area contributed by atoms with E-state index in [9.17, 15) is 0 Å². The molecule has 1 aliphatic carbocycles. The number of aromatic nitrogens is 1. The van der Waals surface area contributed by atoms with Gasteiger partial charge in [-0.1, -0.05) is 19.3 Å². The fourth-order valence-electron chi connectivity index (χ4n) is 2.60. The van der Waals surface area contributed by atoms with Crippen LogP contribution in [0.3, 0.4) is 0 Å². The summed E-state index contributed by atoms with van der Waals surface area (Å²) in [5.41, 5.74) is 1.27. The zero-order valence-corrected chi connectivity index (χ0v) is 10.4. The normalized spacial score (nSPS) is 19.4. The van der Waals surface area contributed by atoms with Crippen molar-refractivity contribution < 1.29 is 0 Å². The lowest BCUT2D eigenvalue weighted by molar-refractivity contribution is 0.328. The summed E-state index contributed by atoms with van der Waals surface area (Å²) >= 11 is 0. The van der Waals surface area contributed by atoms with E-state index in [1.807, 2.05) is 12.3 Å². The summed E-state index contributed by atoms with van der Waals surface area (Å²) in [6.45, 7) is 4.40. The third kappa shape index (κ3) is 2.97. The van der Waals surface area contributed by atoms with E-state index in [1.165, 1.54) is 37.7 Å². The van der Waals surface area contributed by atoms with E-state index >= 15 is 0 Å². The van der Waals surface area contributed by atoms with Crippen molar-refractivity contribution in [3.63, 3.8) is 0 Å². The van der Waals surface area contributed by atoms with Gasteiger partial charge in [0.2, 0.25) is 0 Å². The van der Waals surface area contributed by atoms with Gasteiger partial charge in [-0.05, 0) is 50.3 Å². The smallest absolute Gasteiger partial charge is 0.126 e. The average Bonchev–Trinajstić information content (AvgIpc) is 2.30. The monoisotopic (exact) mass is 218 g/mol. The van der Waals surface area contributed by atoms with E-state index in [0.717, 1.165) is 11.7 Å². The van der Waals surface area contributed by atoms with Crippen LogP contribution in [0.1, 0.15) is 44.6 Å². The highest BCUT2D eigenvalue weighted by Crippen LogP contribution is 2.27. The molecule has 0 radical (unpaired) electrons. The SMILES string of the molecule is Cc1ccnc(NC(C)C2CCCCC2)c1. The number of anilines is 1. The van der Waals surface area contributed by atoms with Crippen molar-refractivity contribution in [1.29, 1.82) is 0 Å². The lowest BCUT2D eigenvalue weighted by Crippen LogP contribution is -2.28. The second-order valence-corrected chi connectivity index (χ2v) is 5.05. The van der Waals surface area contributed by atoms with Gasteiger partial charge in [-0.3, -0.25) is 0 Å². The molecule has 1 fully saturated rings. The Hall–Kier alpha value is -1.05. The Labute approximate surface area is 98.5 Å². The van der Waals surface area contributed by atoms with Crippen molar-refractivity contribution >= 4 is 5.82 Å². The highest BCUT2D eigenvalue weighted by atomic mass is 15.0. The topological polar surface area (TPSA) is 24.9 Å². The first-order valence-electron chi connectivity index (χ1n) is 6.45. The first-order valence-corrected chi connectivity index (χ1v) is 6.45. The maximum Gasteiger partial charge on any atom is 0.126 e. The van der Waals surface area contributed by atoms with Crippen LogP contribution in [0.4, 0.5) is 5.82 Å². The van der Waals surface area contributed by atoms with E-state index in [-0.39, 0.29) is 0 Å². The highest BCUT2D eigenvalue weighted by Gasteiger charge is 2.19. The van der Waals surface area contributed by atoms with Crippen molar-refractivity contribution in [1.82, 2.24) is 4.98 Å². The van der Waals surface area contributed by atoms with Crippen molar-refractivity contribution in [2.24, 2.45) is 5.92 Å². The van der Waals surface area contributed by atoms with Crippen molar-refractivity contribution in [3.05, 3.63) is 23.9 Å². The summed E-state index contributed by atoms with van der Waals surface area (Å²) in [5, 5.41) is 3.54. The molecule has 1 saturated carbocycles. The molecule has 16 heavy (non-hydrogen) atoms. The van der Waals surface area contributed by atoms with Crippen molar-refractivity contribution in [3.8, 4) is 0 Å². The van der Waals surface area contributed by atoms with Gasteiger partial charge in [0.05, 0.1) is 0 Å². The van der Waals surface area contributed by atoms with Gasteiger partial charge >= 0.3 is 0 Å². The molecule has 0 bridgehead atoms. The van der Waals surface area contributed by atoms with Crippen LogP contribution >= 0.6 is 0 Å². The Kier molecular flexibility index (Phi) is 3.81. The van der Waals surface area contributed by atoms with Crippen LogP contribution in [0.2, 0.25) is 0 Å². The van der Waals surface area contributed by atoms with Crippen LogP contribution in [-0.4, -0.2) is 11.0 Å². The third-order valence-electron chi connectivity index (χ3n) is 3.65. The van der Waals surface area contributed by atoms with Crippen LogP contribution in [0.5, 0.6) is 0 Å². The standard InChI is InChI=1S/C14H22N2/c1-11-8-9-15-14(10-11)16-12(2)13-6-4-3-5-7-13/h8-10,12-13H,3-7H2,1-2H3,(H,15,16). The molecule has 88 valence electrons. The van der Waals surface area contributed by atoms with Crippen molar-refractivity contribution in [2.75, 3.05) is 5.32 Å². The summed E-state index contributed by atoms with van der Waals surface area (Å²) < 4.78 is 0. The number of rotatable bonds is 3. The highest BCUT2D eigenvalue weighted by molar-refractivity contribution is 5.37. The maximum absolute atomic E-state index is 4.36. The van der Waals surface area contributed by atoms with Gasteiger partial charge in [-0.25, -0.2) is 4.98 Å². The third-order valence-corrected chi connectivity index (χ3v) is 3.65. The second kappa shape index (κ2) is 5.33. The summed E-state index contributed by atoms with van der Waals surface area (Å²) in [6, 6.07) is 4.71. The Morgan fingerprint density at radius 3 is 2.75 bits per heavy atom.